The van der Waals surface area contributed by atoms with E-state index >= 15 is 0 Å². The fourth-order valence-electron chi connectivity index (χ4n) is 2.28. The van der Waals surface area contributed by atoms with E-state index in [0.717, 1.165) is 34.9 Å². The fraction of sp³-hybridized carbons (Fsp3) is 0.375. The second kappa shape index (κ2) is 6.34. The number of aromatic nitrogens is 2. The Labute approximate surface area is 138 Å². The molecule has 1 aliphatic rings. The maximum Gasteiger partial charge on any atom is 0.135 e. The number of benzene rings is 1. The van der Waals surface area contributed by atoms with Crippen LogP contribution in [-0.2, 0) is 17.3 Å². The van der Waals surface area contributed by atoms with Crippen molar-refractivity contribution in [1.82, 2.24) is 9.97 Å². The van der Waals surface area contributed by atoms with E-state index in [1.54, 1.807) is 12.3 Å². The Morgan fingerprint density at radius 2 is 1.95 bits per heavy atom. The lowest BCUT2D eigenvalue weighted by atomic mass is 10.2. The van der Waals surface area contributed by atoms with Gasteiger partial charge in [-0.15, -0.1) is 0 Å². The van der Waals surface area contributed by atoms with Crippen molar-refractivity contribution >= 4 is 28.2 Å². The lowest BCUT2D eigenvalue weighted by Gasteiger charge is -2.19. The highest BCUT2D eigenvalue weighted by atomic mass is 35.5. The first-order valence-corrected chi connectivity index (χ1v) is 9.14. The van der Waals surface area contributed by atoms with Crippen molar-refractivity contribution in [3.63, 3.8) is 0 Å². The Morgan fingerprint density at radius 1 is 1.27 bits per heavy atom. The van der Waals surface area contributed by atoms with Crippen molar-refractivity contribution in [2.45, 2.75) is 30.2 Å². The number of nitrogens with zero attached hydrogens (tertiary/aromatic N) is 3. The third-order valence-corrected chi connectivity index (χ3v) is 4.84. The zero-order valence-corrected chi connectivity index (χ0v) is 14.2. The zero-order chi connectivity index (χ0) is 15.7. The van der Waals surface area contributed by atoms with E-state index in [4.69, 9.17) is 11.6 Å². The molecule has 1 aliphatic carbocycles. The van der Waals surface area contributed by atoms with Crippen LogP contribution in [0.15, 0.2) is 35.2 Å². The van der Waals surface area contributed by atoms with Crippen LogP contribution in [0.4, 0.5) is 5.82 Å². The molecule has 22 heavy (non-hydrogen) atoms. The number of hydrogen-bond donors (Lipinski definition) is 0. The fourth-order valence-corrected chi connectivity index (χ4v) is 2.99. The molecule has 6 heteroatoms. The van der Waals surface area contributed by atoms with Crippen LogP contribution in [0.5, 0.6) is 0 Å². The molecule has 1 unspecified atom stereocenters. The summed E-state index contributed by atoms with van der Waals surface area (Å²) in [5.74, 6) is 2.17. The first-order chi connectivity index (χ1) is 10.5. The lowest BCUT2D eigenvalue weighted by Crippen LogP contribution is -2.18. The maximum absolute atomic E-state index is 11.4. The minimum absolute atomic E-state index is 0.477. The average Bonchev–Trinajstić information content (AvgIpc) is 3.31. The molecule has 4 nitrogen and oxygen atoms in total. The van der Waals surface area contributed by atoms with Gasteiger partial charge in [-0.05, 0) is 30.5 Å². The summed E-state index contributed by atoms with van der Waals surface area (Å²) < 4.78 is 11.4. The SMILES string of the molecule is CN(Cc1ccc(S(C)=O)cc1)c1cc(Cl)nc(C2CC2)n1. The van der Waals surface area contributed by atoms with Gasteiger partial charge >= 0.3 is 0 Å². The third kappa shape index (κ3) is 3.65. The summed E-state index contributed by atoms with van der Waals surface area (Å²) in [6.07, 6.45) is 3.99. The summed E-state index contributed by atoms with van der Waals surface area (Å²) in [5.41, 5.74) is 1.14. The summed E-state index contributed by atoms with van der Waals surface area (Å²) in [6.45, 7) is 0.716. The molecule has 0 radical (unpaired) electrons. The van der Waals surface area contributed by atoms with Crippen molar-refractivity contribution in [1.29, 1.82) is 0 Å². The molecule has 0 amide bonds. The highest BCUT2D eigenvalue weighted by Crippen LogP contribution is 2.39. The van der Waals surface area contributed by atoms with Gasteiger partial charge in [0, 0.05) is 47.5 Å². The molecule has 1 aromatic carbocycles. The smallest absolute Gasteiger partial charge is 0.135 e. The van der Waals surface area contributed by atoms with Gasteiger partial charge in [0.2, 0.25) is 0 Å². The van der Waals surface area contributed by atoms with Crippen LogP contribution in [0.3, 0.4) is 0 Å². The van der Waals surface area contributed by atoms with Crippen LogP contribution in [0, 0.1) is 0 Å². The molecule has 1 saturated carbocycles. The van der Waals surface area contributed by atoms with E-state index in [-0.39, 0.29) is 0 Å². The van der Waals surface area contributed by atoms with Crippen LogP contribution >= 0.6 is 11.6 Å². The number of halogens is 1. The molecule has 1 aromatic heterocycles. The quantitative estimate of drug-likeness (QED) is 0.786. The summed E-state index contributed by atoms with van der Waals surface area (Å²) >= 11 is 6.11. The largest absolute Gasteiger partial charge is 0.355 e. The van der Waals surface area contributed by atoms with E-state index in [1.807, 2.05) is 31.3 Å². The number of rotatable bonds is 5. The highest BCUT2D eigenvalue weighted by Gasteiger charge is 2.27. The van der Waals surface area contributed by atoms with E-state index in [9.17, 15) is 4.21 Å². The van der Waals surface area contributed by atoms with E-state index in [2.05, 4.69) is 14.9 Å². The molecule has 0 N–H and O–H groups in total. The van der Waals surface area contributed by atoms with Crippen molar-refractivity contribution in [2.24, 2.45) is 0 Å². The van der Waals surface area contributed by atoms with Gasteiger partial charge in [-0.3, -0.25) is 4.21 Å². The molecule has 1 heterocycles. The van der Waals surface area contributed by atoms with Crippen molar-refractivity contribution in [3.8, 4) is 0 Å². The number of hydrogen-bond acceptors (Lipinski definition) is 4. The minimum atomic E-state index is -0.942. The van der Waals surface area contributed by atoms with Crippen LogP contribution in [0.1, 0.15) is 30.1 Å². The van der Waals surface area contributed by atoms with Gasteiger partial charge in [-0.2, -0.15) is 0 Å². The molecule has 0 aliphatic heterocycles. The van der Waals surface area contributed by atoms with Gasteiger partial charge in [0.15, 0.2) is 0 Å². The third-order valence-electron chi connectivity index (χ3n) is 3.71. The molecule has 0 saturated heterocycles. The molecule has 0 spiro atoms. The van der Waals surface area contributed by atoms with Gasteiger partial charge in [0.25, 0.3) is 0 Å². The second-order valence-electron chi connectivity index (χ2n) is 5.64. The molecule has 0 bridgehead atoms. The van der Waals surface area contributed by atoms with Crippen molar-refractivity contribution in [2.75, 3.05) is 18.2 Å². The van der Waals surface area contributed by atoms with Gasteiger partial charge in [0.1, 0.15) is 16.8 Å². The Balaban J connectivity index is 1.76. The van der Waals surface area contributed by atoms with Crippen molar-refractivity contribution < 1.29 is 4.21 Å². The van der Waals surface area contributed by atoms with Gasteiger partial charge in [-0.1, -0.05) is 23.7 Å². The number of anilines is 1. The van der Waals surface area contributed by atoms with Gasteiger partial charge < -0.3 is 4.90 Å². The Morgan fingerprint density at radius 3 is 2.55 bits per heavy atom. The van der Waals surface area contributed by atoms with Gasteiger partial charge in [-0.25, -0.2) is 9.97 Å². The maximum atomic E-state index is 11.4. The molecule has 1 atom stereocenters. The normalized spacial score (nSPS) is 15.6. The Kier molecular flexibility index (Phi) is 4.45. The van der Waals surface area contributed by atoms with E-state index < -0.39 is 10.8 Å². The van der Waals surface area contributed by atoms with Gasteiger partial charge in [0.05, 0.1) is 0 Å². The predicted octanol–water partition coefficient (Wildman–Crippen LogP) is 3.38. The lowest BCUT2D eigenvalue weighted by molar-refractivity contribution is 0.686. The standard InChI is InChI=1S/C16H18ClN3OS/c1-20(10-11-3-7-13(8-4-11)22(2)21)15-9-14(17)18-16(19-15)12-5-6-12/h3-4,7-9,12H,5-6,10H2,1-2H3. The summed E-state index contributed by atoms with van der Waals surface area (Å²) in [6, 6.07) is 9.60. The summed E-state index contributed by atoms with van der Waals surface area (Å²) in [5, 5.41) is 0.496. The first kappa shape index (κ1) is 15.4. The summed E-state index contributed by atoms with van der Waals surface area (Å²) in [4.78, 5) is 11.8. The predicted molar refractivity (Wildman–Crippen MR) is 89.9 cm³/mol. The monoisotopic (exact) mass is 335 g/mol. The van der Waals surface area contributed by atoms with E-state index in [1.165, 1.54) is 0 Å². The molecular weight excluding hydrogens is 318 g/mol. The first-order valence-electron chi connectivity index (χ1n) is 7.21. The topological polar surface area (TPSA) is 46.1 Å². The van der Waals surface area contributed by atoms with Crippen LogP contribution in [-0.4, -0.2) is 27.5 Å². The molecule has 1 fully saturated rings. The zero-order valence-electron chi connectivity index (χ0n) is 12.6. The minimum Gasteiger partial charge on any atom is -0.355 e. The average molecular weight is 336 g/mol. The van der Waals surface area contributed by atoms with Crippen molar-refractivity contribution in [3.05, 3.63) is 46.9 Å². The van der Waals surface area contributed by atoms with E-state index in [0.29, 0.717) is 17.6 Å². The molecule has 3 rings (SSSR count). The van der Waals surface area contributed by atoms with Crippen LogP contribution in [0.25, 0.3) is 0 Å². The second-order valence-corrected chi connectivity index (χ2v) is 7.40. The molecular formula is C16H18ClN3OS. The van der Waals surface area contributed by atoms with Crippen LogP contribution in [0.2, 0.25) is 5.15 Å². The Bertz CT molecular complexity index is 701. The molecule has 116 valence electrons. The Hall–Kier alpha value is -1.46. The highest BCUT2D eigenvalue weighted by molar-refractivity contribution is 7.84. The summed E-state index contributed by atoms with van der Waals surface area (Å²) in [7, 11) is 1.05. The van der Waals surface area contributed by atoms with Crippen LogP contribution < -0.4 is 4.90 Å². The molecule has 2 aromatic rings.